The molecule has 0 saturated heterocycles. The molecule has 4 aliphatic rings. The van der Waals surface area contributed by atoms with Gasteiger partial charge in [-0.3, -0.25) is 0 Å². The summed E-state index contributed by atoms with van der Waals surface area (Å²) in [5.74, 6) is 1.33. The Morgan fingerprint density at radius 2 is 0.813 bits per heavy atom. The van der Waals surface area contributed by atoms with E-state index in [1.807, 2.05) is 0 Å². The van der Waals surface area contributed by atoms with Crippen LogP contribution in [-0.4, -0.2) is 0 Å². The third-order valence-corrected chi connectivity index (χ3v) is 18.0. The minimum absolute atomic E-state index is 0.562. The van der Waals surface area contributed by atoms with Crippen LogP contribution in [0.25, 0.3) is 54.6 Å². The topological polar surface area (TPSA) is 6.48 Å². The highest BCUT2D eigenvalue weighted by Crippen LogP contribution is 2.65. The van der Waals surface area contributed by atoms with E-state index in [-0.39, 0.29) is 0 Å². The number of hydrogen-bond donors (Lipinski definition) is 0. The summed E-state index contributed by atoms with van der Waals surface area (Å²) in [5.41, 5.74) is 20.2. The smallest absolute Gasteiger partial charge is 0.0731 e. The molecule has 15 rings (SSSR count). The monoisotopic (exact) mass is 964 g/mol. The first-order chi connectivity index (χ1) is 37.2. The summed E-state index contributed by atoms with van der Waals surface area (Å²) >= 11 is 0. The van der Waals surface area contributed by atoms with Gasteiger partial charge in [-0.2, -0.15) is 0 Å². The van der Waals surface area contributed by atoms with Crippen molar-refractivity contribution in [3.05, 3.63) is 264 Å². The van der Waals surface area contributed by atoms with Crippen LogP contribution >= 0.6 is 0 Å². The number of anilines is 6. The molecule has 0 radical (unpaired) electrons. The fraction of sp³-hybridized carbons (Fsp3) is 0.178. The molecule has 0 heterocycles. The zero-order chi connectivity index (χ0) is 49.5. The van der Waals surface area contributed by atoms with Crippen molar-refractivity contribution < 1.29 is 0 Å². The van der Waals surface area contributed by atoms with Gasteiger partial charge in [0.1, 0.15) is 0 Å². The molecule has 2 fully saturated rings. The molecule has 2 saturated carbocycles. The second kappa shape index (κ2) is 18.0. The molecule has 11 aromatic carbocycles. The van der Waals surface area contributed by atoms with Gasteiger partial charge in [-0.15, -0.1) is 0 Å². The normalized spacial score (nSPS) is 17.0. The van der Waals surface area contributed by atoms with Crippen LogP contribution in [0.4, 0.5) is 34.1 Å². The van der Waals surface area contributed by atoms with Gasteiger partial charge in [-0.25, -0.2) is 0 Å². The lowest BCUT2D eigenvalue weighted by Crippen LogP contribution is -2.26. The zero-order valence-electron chi connectivity index (χ0n) is 42.6. The summed E-state index contributed by atoms with van der Waals surface area (Å²) in [6, 6.07) is 88.3. The van der Waals surface area contributed by atoms with Crippen molar-refractivity contribution in [1.29, 1.82) is 0 Å². The van der Waals surface area contributed by atoms with Gasteiger partial charge >= 0.3 is 0 Å². The van der Waals surface area contributed by atoms with E-state index in [0.717, 1.165) is 22.7 Å². The number of nitrogens with zero attached hydrogens (tertiary/aromatic N) is 2. The molecule has 11 aromatic rings. The molecule has 0 N–H and O–H groups in total. The first-order valence-corrected chi connectivity index (χ1v) is 27.9. The molecule has 0 aliphatic heterocycles. The Kier molecular flexibility index (Phi) is 10.6. The second-order valence-corrected chi connectivity index (χ2v) is 22.0. The molecular weight excluding hydrogens is 905 g/mol. The molecule has 2 heteroatoms. The fourth-order valence-corrected chi connectivity index (χ4v) is 14.5. The van der Waals surface area contributed by atoms with Crippen molar-refractivity contribution in [2.24, 2.45) is 0 Å². The maximum Gasteiger partial charge on any atom is 0.0731 e. The molecule has 1 unspecified atom stereocenters. The van der Waals surface area contributed by atoms with Crippen LogP contribution in [0.3, 0.4) is 0 Å². The summed E-state index contributed by atoms with van der Waals surface area (Å²) < 4.78 is 0. The quantitative estimate of drug-likeness (QED) is 0.150. The van der Waals surface area contributed by atoms with Crippen molar-refractivity contribution in [3.63, 3.8) is 0 Å². The Labute approximate surface area is 441 Å². The van der Waals surface area contributed by atoms with Gasteiger partial charge in [0.15, 0.2) is 0 Å². The SMILES string of the molecule is c1ccc(N(c2ccc(C3CCCCC3)cc2)c2ccc3cc4c(cc3c2)C2(c3ccccc3-c3c2ccc2ccccc32)c2c-4ccc3cc(N(c4ccccc4)c4ccc(C5CCCCC5)cc4)ccc23)cc1. The van der Waals surface area contributed by atoms with E-state index >= 15 is 0 Å². The van der Waals surface area contributed by atoms with Gasteiger partial charge in [0.05, 0.1) is 5.41 Å². The summed E-state index contributed by atoms with van der Waals surface area (Å²) in [5, 5.41) is 7.60. The highest BCUT2D eigenvalue weighted by molar-refractivity contribution is 6.11. The van der Waals surface area contributed by atoms with Crippen LogP contribution in [0.1, 0.15) is 109 Å². The molecule has 0 amide bonds. The average molecular weight is 965 g/mol. The first-order valence-electron chi connectivity index (χ1n) is 27.9. The van der Waals surface area contributed by atoms with Gasteiger partial charge in [-0.05, 0) is 210 Å². The lowest BCUT2D eigenvalue weighted by molar-refractivity contribution is 0.443. The summed E-state index contributed by atoms with van der Waals surface area (Å²) in [6.45, 7) is 0. The summed E-state index contributed by atoms with van der Waals surface area (Å²) in [4.78, 5) is 4.89. The van der Waals surface area contributed by atoms with E-state index in [0.29, 0.717) is 11.8 Å². The standard InChI is InChI=1S/C73H60N2/c1-5-17-49(18-6-1)51-29-36-59(37-30-51)74(57-22-9-3-10-23-57)61-40-33-54-47-67-65-42-34-55-45-62(75(58-24-11-4-12-25-58)60-38-31-52(32-39-60)50-19-7-2-8-20-50)41-43-64(55)72(65)73(70(67)48-56(54)46-61)68-28-16-15-27-66(68)71-63-26-14-13-21-53(63)35-44-69(71)73/h3-4,9-16,21-50H,1-2,5-8,17-20H2. The van der Waals surface area contributed by atoms with E-state index in [9.17, 15) is 0 Å². The number of benzene rings is 11. The minimum Gasteiger partial charge on any atom is -0.310 e. The average Bonchev–Trinajstić information content (AvgIpc) is 4.19. The van der Waals surface area contributed by atoms with Crippen LogP contribution in [0, 0.1) is 0 Å². The van der Waals surface area contributed by atoms with Crippen LogP contribution in [0.2, 0.25) is 0 Å². The lowest BCUT2D eigenvalue weighted by atomic mass is 9.69. The highest BCUT2D eigenvalue weighted by atomic mass is 15.1. The number of para-hydroxylation sites is 2. The van der Waals surface area contributed by atoms with Crippen molar-refractivity contribution in [3.8, 4) is 22.3 Å². The molecule has 1 atom stereocenters. The van der Waals surface area contributed by atoms with Crippen molar-refractivity contribution in [2.75, 3.05) is 9.80 Å². The van der Waals surface area contributed by atoms with Crippen molar-refractivity contribution >= 4 is 66.4 Å². The predicted octanol–water partition coefficient (Wildman–Crippen LogP) is 20.5. The highest BCUT2D eigenvalue weighted by Gasteiger charge is 2.53. The van der Waals surface area contributed by atoms with Crippen LogP contribution in [0.5, 0.6) is 0 Å². The van der Waals surface area contributed by atoms with E-state index in [2.05, 4.69) is 240 Å². The lowest BCUT2D eigenvalue weighted by Gasteiger charge is -2.32. The van der Waals surface area contributed by atoms with Gasteiger partial charge in [-0.1, -0.05) is 184 Å². The minimum atomic E-state index is -0.562. The maximum atomic E-state index is 2.57. The predicted molar refractivity (Wildman–Crippen MR) is 316 cm³/mol. The Balaban J connectivity index is 0.925. The van der Waals surface area contributed by atoms with E-state index in [1.165, 1.54) is 164 Å². The summed E-state index contributed by atoms with van der Waals surface area (Å²) in [6.07, 6.45) is 13.3. The van der Waals surface area contributed by atoms with Crippen LogP contribution in [-0.2, 0) is 5.41 Å². The molecular formula is C73H60N2. The first kappa shape index (κ1) is 44.3. The number of hydrogen-bond acceptors (Lipinski definition) is 2. The van der Waals surface area contributed by atoms with E-state index < -0.39 is 5.41 Å². The van der Waals surface area contributed by atoms with Gasteiger partial charge in [0.2, 0.25) is 0 Å². The Hall–Kier alpha value is -8.20. The molecule has 362 valence electrons. The Bertz CT molecular complexity index is 3960. The zero-order valence-corrected chi connectivity index (χ0v) is 42.6. The Morgan fingerprint density at radius 1 is 0.293 bits per heavy atom. The second-order valence-electron chi connectivity index (χ2n) is 22.0. The van der Waals surface area contributed by atoms with Crippen molar-refractivity contribution in [2.45, 2.75) is 81.5 Å². The molecule has 2 nitrogen and oxygen atoms in total. The fourth-order valence-electron chi connectivity index (χ4n) is 14.5. The van der Waals surface area contributed by atoms with Crippen molar-refractivity contribution in [1.82, 2.24) is 0 Å². The van der Waals surface area contributed by atoms with Crippen LogP contribution in [0.15, 0.2) is 231 Å². The van der Waals surface area contributed by atoms with Gasteiger partial charge < -0.3 is 9.80 Å². The maximum absolute atomic E-state index is 2.57. The molecule has 4 aliphatic carbocycles. The van der Waals surface area contributed by atoms with Crippen LogP contribution < -0.4 is 9.80 Å². The molecule has 0 aromatic heterocycles. The van der Waals surface area contributed by atoms with E-state index in [4.69, 9.17) is 0 Å². The summed E-state index contributed by atoms with van der Waals surface area (Å²) in [7, 11) is 0. The largest absolute Gasteiger partial charge is 0.310 e. The molecule has 1 spiro atoms. The van der Waals surface area contributed by atoms with Gasteiger partial charge in [0.25, 0.3) is 0 Å². The van der Waals surface area contributed by atoms with Gasteiger partial charge in [0, 0.05) is 34.1 Å². The molecule has 75 heavy (non-hydrogen) atoms. The molecule has 0 bridgehead atoms. The third kappa shape index (κ3) is 7.13. The third-order valence-electron chi connectivity index (χ3n) is 18.0. The number of fused-ring (bicyclic) bond motifs is 15. The van der Waals surface area contributed by atoms with E-state index in [1.54, 1.807) is 0 Å². The number of rotatable bonds is 8. The Morgan fingerprint density at radius 3 is 1.47 bits per heavy atom.